The molecule has 0 aromatic carbocycles. The van der Waals surface area contributed by atoms with Crippen LogP contribution < -0.4 is 5.32 Å². The Labute approximate surface area is 99.2 Å². The number of aliphatic carboxylic acids is 1. The maximum atomic E-state index is 11.3. The number of nitrogens with one attached hydrogen (secondary N) is 1. The molecule has 5 nitrogen and oxygen atoms in total. The Kier molecular flexibility index (Phi) is 5.95. The van der Waals surface area contributed by atoms with Gasteiger partial charge in [-0.3, -0.25) is 5.32 Å². The average molecular weight is 247 g/mol. The summed E-state index contributed by atoms with van der Waals surface area (Å²) in [5.74, 6) is -0.669. The predicted molar refractivity (Wildman–Crippen MR) is 63.5 cm³/mol. The quantitative estimate of drug-likeness (QED) is 0.741. The van der Waals surface area contributed by atoms with E-state index in [1.165, 1.54) is 17.8 Å². The molecule has 0 aromatic rings. The fraction of sp³-hybridized carbons (Fsp3) is 0.600. The zero-order valence-corrected chi connectivity index (χ0v) is 10.7. The molecule has 0 aliphatic rings. The Balaban J connectivity index is 4.42. The molecule has 0 rings (SSSR count). The van der Waals surface area contributed by atoms with Crippen molar-refractivity contribution in [3.63, 3.8) is 0 Å². The summed E-state index contributed by atoms with van der Waals surface area (Å²) in [4.78, 5) is 22.1. The first-order valence-electron chi connectivity index (χ1n) is 4.68. The summed E-state index contributed by atoms with van der Waals surface area (Å²) in [6.07, 6.45) is 2.50. The lowest BCUT2D eigenvalue weighted by atomic mass is 10.2. The van der Waals surface area contributed by atoms with Crippen LogP contribution in [0.2, 0.25) is 0 Å². The molecule has 0 spiro atoms. The van der Waals surface area contributed by atoms with Crippen molar-refractivity contribution >= 4 is 23.8 Å². The van der Waals surface area contributed by atoms with Crippen LogP contribution in [0.5, 0.6) is 0 Å². The normalized spacial score (nSPS) is 12.1. The van der Waals surface area contributed by atoms with Crippen LogP contribution in [0, 0.1) is 0 Å². The SMILES string of the molecule is CSC/C=C(/NC(=O)OC(C)(C)C)C(=O)O. The third-order valence-electron chi connectivity index (χ3n) is 1.32. The van der Waals surface area contributed by atoms with Crippen molar-refractivity contribution in [3.8, 4) is 0 Å². The number of rotatable bonds is 4. The Morgan fingerprint density at radius 3 is 2.38 bits per heavy atom. The van der Waals surface area contributed by atoms with Crippen LogP contribution in [-0.2, 0) is 9.53 Å². The molecule has 0 aliphatic heterocycles. The summed E-state index contributed by atoms with van der Waals surface area (Å²) in [5.41, 5.74) is -0.809. The van der Waals surface area contributed by atoms with Crippen molar-refractivity contribution in [2.45, 2.75) is 26.4 Å². The number of hydrogen-bond donors (Lipinski definition) is 2. The summed E-state index contributed by atoms with van der Waals surface area (Å²) >= 11 is 1.46. The molecule has 0 fully saturated rings. The topological polar surface area (TPSA) is 75.6 Å². The number of hydrogen-bond acceptors (Lipinski definition) is 4. The van der Waals surface area contributed by atoms with Crippen LogP contribution in [0.4, 0.5) is 4.79 Å². The lowest BCUT2D eigenvalue weighted by Gasteiger charge is -2.19. The lowest BCUT2D eigenvalue weighted by Crippen LogP contribution is -2.34. The van der Waals surface area contributed by atoms with Crippen molar-refractivity contribution < 1.29 is 19.4 Å². The molecular formula is C10H17NO4S. The minimum atomic E-state index is -1.18. The number of ether oxygens (including phenoxy) is 1. The highest BCUT2D eigenvalue weighted by Crippen LogP contribution is 2.07. The van der Waals surface area contributed by atoms with Gasteiger partial charge in [-0.1, -0.05) is 0 Å². The average Bonchev–Trinajstić information content (AvgIpc) is 2.08. The number of carboxylic acids is 1. The Hall–Kier alpha value is -1.17. The summed E-state index contributed by atoms with van der Waals surface area (Å²) in [6, 6.07) is 0. The molecule has 0 saturated heterocycles. The van der Waals surface area contributed by atoms with E-state index in [-0.39, 0.29) is 5.70 Å². The number of alkyl carbamates (subject to hydrolysis) is 1. The summed E-state index contributed by atoms with van der Waals surface area (Å²) in [7, 11) is 0. The smallest absolute Gasteiger partial charge is 0.412 e. The van der Waals surface area contributed by atoms with Gasteiger partial charge in [0.15, 0.2) is 0 Å². The molecule has 0 unspecified atom stereocenters. The first-order valence-corrected chi connectivity index (χ1v) is 6.08. The van der Waals surface area contributed by atoms with Crippen molar-refractivity contribution in [1.82, 2.24) is 5.32 Å². The molecule has 0 atom stereocenters. The zero-order chi connectivity index (χ0) is 12.8. The molecule has 0 bridgehead atoms. The van der Waals surface area contributed by atoms with Crippen LogP contribution in [0.25, 0.3) is 0 Å². The first-order chi connectivity index (χ1) is 7.26. The van der Waals surface area contributed by atoms with Gasteiger partial charge in [0, 0.05) is 5.75 Å². The van der Waals surface area contributed by atoms with Gasteiger partial charge in [0.25, 0.3) is 0 Å². The van der Waals surface area contributed by atoms with Crippen LogP contribution >= 0.6 is 11.8 Å². The fourth-order valence-corrected chi connectivity index (χ4v) is 1.11. The molecular weight excluding hydrogens is 230 g/mol. The molecule has 16 heavy (non-hydrogen) atoms. The largest absolute Gasteiger partial charge is 0.477 e. The van der Waals surface area contributed by atoms with E-state index in [1.807, 2.05) is 6.26 Å². The second kappa shape index (κ2) is 6.42. The fourth-order valence-electron chi connectivity index (χ4n) is 0.772. The molecule has 2 N–H and O–H groups in total. The predicted octanol–water partition coefficient (Wildman–Crippen LogP) is 1.84. The van der Waals surface area contributed by atoms with Gasteiger partial charge < -0.3 is 9.84 Å². The molecule has 6 heteroatoms. The van der Waals surface area contributed by atoms with E-state index in [1.54, 1.807) is 20.8 Å². The monoisotopic (exact) mass is 247 g/mol. The second-order valence-electron chi connectivity index (χ2n) is 4.01. The maximum Gasteiger partial charge on any atom is 0.412 e. The van der Waals surface area contributed by atoms with Crippen LogP contribution in [0.3, 0.4) is 0 Å². The van der Waals surface area contributed by atoms with Crippen molar-refractivity contribution in [1.29, 1.82) is 0 Å². The van der Waals surface area contributed by atoms with Crippen molar-refractivity contribution in [3.05, 3.63) is 11.8 Å². The molecule has 0 heterocycles. The molecule has 1 amide bonds. The molecule has 0 aromatic heterocycles. The standard InChI is InChI=1S/C10H17NO4S/c1-10(2,3)15-9(14)11-7(8(12)13)5-6-16-4/h5H,6H2,1-4H3,(H,11,14)(H,12,13)/b7-5+. The Bertz CT molecular complexity index is 294. The molecule has 0 radical (unpaired) electrons. The summed E-state index contributed by atoms with van der Waals surface area (Å²) < 4.78 is 4.94. The van der Waals surface area contributed by atoms with E-state index < -0.39 is 17.7 Å². The van der Waals surface area contributed by atoms with Gasteiger partial charge >= 0.3 is 12.1 Å². The van der Waals surface area contributed by atoms with E-state index in [9.17, 15) is 9.59 Å². The second-order valence-corrected chi connectivity index (χ2v) is 4.92. The minimum absolute atomic E-state index is 0.163. The third-order valence-corrected chi connectivity index (χ3v) is 1.82. The molecule has 92 valence electrons. The third kappa shape index (κ3) is 7.17. The highest BCUT2D eigenvalue weighted by Gasteiger charge is 2.18. The van der Waals surface area contributed by atoms with E-state index in [4.69, 9.17) is 9.84 Å². The highest BCUT2D eigenvalue weighted by atomic mass is 32.2. The van der Waals surface area contributed by atoms with Crippen LogP contribution in [0.15, 0.2) is 11.8 Å². The van der Waals surface area contributed by atoms with Gasteiger partial charge in [0.2, 0.25) is 0 Å². The van der Waals surface area contributed by atoms with Gasteiger partial charge in [0.05, 0.1) is 0 Å². The highest BCUT2D eigenvalue weighted by molar-refractivity contribution is 7.98. The van der Waals surface area contributed by atoms with Gasteiger partial charge in [-0.15, -0.1) is 0 Å². The molecule has 0 saturated carbocycles. The number of carbonyl (C=O) groups excluding carboxylic acids is 1. The van der Waals surface area contributed by atoms with E-state index in [2.05, 4.69) is 5.32 Å². The van der Waals surface area contributed by atoms with Crippen LogP contribution in [0.1, 0.15) is 20.8 Å². The zero-order valence-electron chi connectivity index (χ0n) is 9.86. The first kappa shape index (κ1) is 14.8. The van der Waals surface area contributed by atoms with Gasteiger partial charge in [-0.2, -0.15) is 11.8 Å². The number of carbonyl (C=O) groups is 2. The number of carboxylic acid groups (broad SMARTS) is 1. The Morgan fingerprint density at radius 2 is 2.00 bits per heavy atom. The van der Waals surface area contributed by atoms with E-state index >= 15 is 0 Å². The Morgan fingerprint density at radius 1 is 1.44 bits per heavy atom. The molecule has 0 aliphatic carbocycles. The number of amides is 1. The van der Waals surface area contributed by atoms with E-state index in [0.717, 1.165) is 0 Å². The van der Waals surface area contributed by atoms with Gasteiger partial charge in [-0.05, 0) is 33.1 Å². The van der Waals surface area contributed by atoms with E-state index in [0.29, 0.717) is 5.75 Å². The van der Waals surface area contributed by atoms with Gasteiger partial charge in [0.1, 0.15) is 11.3 Å². The summed E-state index contributed by atoms with van der Waals surface area (Å²) in [5, 5.41) is 11.0. The van der Waals surface area contributed by atoms with Crippen LogP contribution in [-0.4, -0.2) is 34.8 Å². The summed E-state index contributed by atoms with van der Waals surface area (Å²) in [6.45, 7) is 5.12. The minimum Gasteiger partial charge on any atom is -0.477 e. The van der Waals surface area contributed by atoms with Crippen molar-refractivity contribution in [2.75, 3.05) is 12.0 Å². The number of thioether (sulfide) groups is 1. The van der Waals surface area contributed by atoms with Gasteiger partial charge in [-0.25, -0.2) is 9.59 Å². The maximum absolute atomic E-state index is 11.3. The lowest BCUT2D eigenvalue weighted by molar-refractivity contribution is -0.133. The van der Waals surface area contributed by atoms with Crippen molar-refractivity contribution in [2.24, 2.45) is 0 Å².